The summed E-state index contributed by atoms with van der Waals surface area (Å²) in [5.41, 5.74) is 6.72. The van der Waals surface area contributed by atoms with E-state index in [1.54, 1.807) is 13.3 Å². The number of amides is 1. The Hall–Kier alpha value is -2.64. The second kappa shape index (κ2) is 11.5. The molecule has 1 amide bonds. The third-order valence-corrected chi connectivity index (χ3v) is 5.51. The number of unbranched alkanes of at least 4 members (excludes halogenated alkanes) is 1. The maximum atomic E-state index is 12.8. The highest BCUT2D eigenvalue weighted by atomic mass is 16.5. The zero-order chi connectivity index (χ0) is 21.2. The molecule has 0 unspecified atom stereocenters. The lowest BCUT2D eigenvalue weighted by Gasteiger charge is -2.37. The molecule has 0 saturated carbocycles. The van der Waals surface area contributed by atoms with Crippen molar-refractivity contribution in [1.29, 1.82) is 0 Å². The molecular weight excluding hydrogens is 378 g/mol. The van der Waals surface area contributed by atoms with E-state index in [4.69, 9.17) is 10.5 Å². The van der Waals surface area contributed by atoms with Gasteiger partial charge in [0.05, 0.1) is 12.8 Å². The highest BCUT2D eigenvalue weighted by Crippen LogP contribution is 2.28. The SMILES string of the molecule is COc1ccccc1N1CCN(CCN(C(=O)CCCCN)c2ccccn2)CC1. The molecule has 30 heavy (non-hydrogen) atoms. The Morgan fingerprint density at radius 2 is 1.87 bits per heavy atom. The van der Waals surface area contributed by atoms with Crippen LogP contribution in [0.25, 0.3) is 0 Å². The van der Waals surface area contributed by atoms with Crippen LogP contribution in [0.1, 0.15) is 19.3 Å². The van der Waals surface area contributed by atoms with Crippen LogP contribution in [-0.4, -0.2) is 68.7 Å². The first-order valence-electron chi connectivity index (χ1n) is 10.7. The summed E-state index contributed by atoms with van der Waals surface area (Å²) >= 11 is 0. The van der Waals surface area contributed by atoms with Crippen LogP contribution in [0, 0.1) is 0 Å². The summed E-state index contributed by atoms with van der Waals surface area (Å²) in [6.45, 7) is 5.88. The number of hydrogen-bond donors (Lipinski definition) is 1. The fraction of sp³-hybridized carbons (Fsp3) is 0.478. The highest BCUT2D eigenvalue weighted by molar-refractivity contribution is 5.92. The Morgan fingerprint density at radius 3 is 2.57 bits per heavy atom. The molecule has 1 aromatic carbocycles. The Morgan fingerprint density at radius 1 is 1.10 bits per heavy atom. The van der Waals surface area contributed by atoms with E-state index in [2.05, 4.69) is 20.9 Å². The van der Waals surface area contributed by atoms with Gasteiger partial charge in [-0.05, 0) is 43.7 Å². The number of piperazine rings is 1. The van der Waals surface area contributed by atoms with E-state index < -0.39 is 0 Å². The minimum absolute atomic E-state index is 0.120. The molecule has 0 atom stereocenters. The fourth-order valence-corrected chi connectivity index (χ4v) is 3.78. The molecule has 1 saturated heterocycles. The van der Waals surface area contributed by atoms with Gasteiger partial charge in [0.15, 0.2) is 0 Å². The molecule has 162 valence electrons. The summed E-state index contributed by atoms with van der Waals surface area (Å²) in [5.74, 6) is 1.76. The molecule has 7 heteroatoms. The van der Waals surface area contributed by atoms with E-state index in [-0.39, 0.29) is 5.91 Å². The van der Waals surface area contributed by atoms with Gasteiger partial charge in [0.25, 0.3) is 0 Å². The second-order valence-electron chi connectivity index (χ2n) is 7.48. The second-order valence-corrected chi connectivity index (χ2v) is 7.48. The van der Waals surface area contributed by atoms with Crippen molar-refractivity contribution >= 4 is 17.4 Å². The fourth-order valence-electron chi connectivity index (χ4n) is 3.78. The molecule has 2 heterocycles. The van der Waals surface area contributed by atoms with Crippen LogP contribution in [0.3, 0.4) is 0 Å². The molecule has 2 aromatic rings. The average molecular weight is 412 g/mol. The molecule has 1 aromatic heterocycles. The van der Waals surface area contributed by atoms with Crippen molar-refractivity contribution in [3.8, 4) is 5.75 Å². The topological polar surface area (TPSA) is 74.9 Å². The van der Waals surface area contributed by atoms with E-state index in [0.29, 0.717) is 19.5 Å². The van der Waals surface area contributed by atoms with Crippen molar-refractivity contribution in [3.05, 3.63) is 48.7 Å². The van der Waals surface area contributed by atoms with E-state index in [1.165, 1.54) is 0 Å². The Balaban J connectivity index is 1.55. The number of anilines is 2. The van der Waals surface area contributed by atoms with Crippen molar-refractivity contribution < 1.29 is 9.53 Å². The summed E-state index contributed by atoms with van der Waals surface area (Å²) in [4.78, 5) is 23.8. The van der Waals surface area contributed by atoms with Crippen LogP contribution < -0.4 is 20.3 Å². The Bertz CT molecular complexity index is 778. The summed E-state index contributed by atoms with van der Waals surface area (Å²) in [7, 11) is 1.71. The quantitative estimate of drug-likeness (QED) is 0.605. The number of rotatable bonds is 10. The number of nitrogens with two attached hydrogens (primary N) is 1. The summed E-state index contributed by atoms with van der Waals surface area (Å²) in [6.07, 6.45) is 3.93. The Kier molecular flexibility index (Phi) is 8.47. The first-order valence-corrected chi connectivity index (χ1v) is 10.7. The number of methoxy groups -OCH3 is 1. The normalized spacial score (nSPS) is 14.5. The molecule has 0 radical (unpaired) electrons. The van der Waals surface area contributed by atoms with Gasteiger partial charge in [0.2, 0.25) is 5.91 Å². The van der Waals surface area contributed by atoms with Gasteiger partial charge in [-0.25, -0.2) is 4.98 Å². The van der Waals surface area contributed by atoms with Crippen molar-refractivity contribution in [2.24, 2.45) is 5.73 Å². The maximum Gasteiger partial charge on any atom is 0.228 e. The van der Waals surface area contributed by atoms with Crippen LogP contribution in [0.4, 0.5) is 11.5 Å². The van der Waals surface area contributed by atoms with Crippen molar-refractivity contribution in [2.75, 3.05) is 62.7 Å². The van der Waals surface area contributed by atoms with Crippen molar-refractivity contribution in [1.82, 2.24) is 9.88 Å². The lowest BCUT2D eigenvalue weighted by molar-refractivity contribution is -0.118. The molecule has 7 nitrogen and oxygen atoms in total. The van der Waals surface area contributed by atoms with E-state index in [1.807, 2.05) is 41.3 Å². The van der Waals surface area contributed by atoms with Gasteiger partial charge in [0, 0.05) is 51.9 Å². The van der Waals surface area contributed by atoms with Crippen LogP contribution in [0.5, 0.6) is 5.75 Å². The number of para-hydroxylation sites is 2. The predicted molar refractivity (Wildman–Crippen MR) is 121 cm³/mol. The summed E-state index contributed by atoms with van der Waals surface area (Å²) < 4.78 is 5.51. The maximum absolute atomic E-state index is 12.8. The minimum Gasteiger partial charge on any atom is -0.495 e. The predicted octanol–water partition coefficient (Wildman–Crippen LogP) is 2.37. The van der Waals surface area contributed by atoms with Crippen LogP contribution in [0.2, 0.25) is 0 Å². The zero-order valence-corrected chi connectivity index (χ0v) is 17.9. The third-order valence-electron chi connectivity index (χ3n) is 5.51. The van der Waals surface area contributed by atoms with E-state index in [9.17, 15) is 4.79 Å². The van der Waals surface area contributed by atoms with Gasteiger partial charge in [-0.1, -0.05) is 18.2 Å². The third kappa shape index (κ3) is 5.93. The number of carbonyl (C=O) groups is 1. The van der Waals surface area contributed by atoms with Crippen LogP contribution in [-0.2, 0) is 4.79 Å². The molecule has 1 aliphatic rings. The number of pyridine rings is 1. The number of hydrogen-bond acceptors (Lipinski definition) is 6. The standard InChI is InChI=1S/C23H33N5O2/c1-30-21-9-3-2-8-20(21)27-17-14-26(15-18-27)16-19-28(22-10-5-7-13-25-22)23(29)11-4-6-12-24/h2-3,5,7-10,13H,4,6,11-12,14-19,24H2,1H3. The summed E-state index contributed by atoms with van der Waals surface area (Å²) in [5, 5.41) is 0. The summed E-state index contributed by atoms with van der Waals surface area (Å²) in [6, 6.07) is 13.9. The monoisotopic (exact) mass is 411 g/mol. The van der Waals surface area contributed by atoms with Gasteiger partial charge in [-0.15, -0.1) is 0 Å². The molecular formula is C23H33N5O2. The van der Waals surface area contributed by atoms with Crippen LogP contribution in [0.15, 0.2) is 48.7 Å². The number of aromatic nitrogens is 1. The number of carbonyl (C=O) groups excluding carboxylic acids is 1. The van der Waals surface area contributed by atoms with Gasteiger partial charge >= 0.3 is 0 Å². The molecule has 0 spiro atoms. The number of ether oxygens (including phenoxy) is 1. The zero-order valence-electron chi connectivity index (χ0n) is 17.9. The van der Waals surface area contributed by atoms with Gasteiger partial charge in [-0.2, -0.15) is 0 Å². The molecule has 0 aliphatic carbocycles. The van der Waals surface area contributed by atoms with Crippen LogP contribution >= 0.6 is 0 Å². The molecule has 1 aliphatic heterocycles. The van der Waals surface area contributed by atoms with Gasteiger partial charge in [0.1, 0.15) is 11.6 Å². The van der Waals surface area contributed by atoms with Crippen molar-refractivity contribution in [3.63, 3.8) is 0 Å². The van der Waals surface area contributed by atoms with E-state index >= 15 is 0 Å². The molecule has 0 bridgehead atoms. The first-order chi connectivity index (χ1) is 14.7. The highest BCUT2D eigenvalue weighted by Gasteiger charge is 2.22. The molecule has 3 rings (SSSR count). The lowest BCUT2D eigenvalue weighted by atomic mass is 10.2. The smallest absolute Gasteiger partial charge is 0.228 e. The lowest BCUT2D eigenvalue weighted by Crippen LogP contribution is -2.49. The largest absolute Gasteiger partial charge is 0.495 e. The van der Waals surface area contributed by atoms with Gasteiger partial charge < -0.3 is 15.4 Å². The molecule has 2 N–H and O–H groups in total. The minimum atomic E-state index is 0.120. The van der Waals surface area contributed by atoms with E-state index in [0.717, 1.165) is 62.8 Å². The van der Waals surface area contributed by atoms with Gasteiger partial charge in [-0.3, -0.25) is 14.6 Å². The number of nitrogens with zero attached hydrogens (tertiary/aromatic N) is 4. The molecule has 1 fully saturated rings. The first kappa shape index (κ1) is 22.1. The Labute approximate surface area is 179 Å². The average Bonchev–Trinajstić information content (AvgIpc) is 2.80. The number of benzene rings is 1. The van der Waals surface area contributed by atoms with Crippen molar-refractivity contribution in [2.45, 2.75) is 19.3 Å².